The second-order valence-electron chi connectivity index (χ2n) is 4.97. The number of nitrogens with two attached hydrogens (primary N) is 1. The lowest BCUT2D eigenvalue weighted by atomic mass is 10.1. The summed E-state index contributed by atoms with van der Waals surface area (Å²) in [7, 11) is 0. The van der Waals surface area contributed by atoms with Gasteiger partial charge in [-0.25, -0.2) is 4.98 Å². The summed E-state index contributed by atoms with van der Waals surface area (Å²) in [5, 5.41) is 4.12. The van der Waals surface area contributed by atoms with E-state index in [-0.39, 0.29) is 0 Å². The van der Waals surface area contributed by atoms with E-state index < -0.39 is 0 Å². The van der Waals surface area contributed by atoms with E-state index in [1.54, 1.807) is 16.8 Å². The lowest BCUT2D eigenvalue weighted by Gasteiger charge is -2.06. The Bertz CT molecular complexity index is 926. The predicted molar refractivity (Wildman–Crippen MR) is 86.1 cm³/mol. The molecule has 0 amide bonds. The molecule has 0 saturated carbocycles. The van der Waals surface area contributed by atoms with Gasteiger partial charge in [0.1, 0.15) is 5.82 Å². The number of nitrogens with zero attached hydrogens (tertiary/aromatic N) is 4. The van der Waals surface area contributed by atoms with E-state index in [2.05, 4.69) is 15.1 Å². The van der Waals surface area contributed by atoms with Gasteiger partial charge in [-0.15, -0.1) is 0 Å². The number of rotatable bonds is 2. The molecule has 2 N–H and O–H groups in total. The maximum Gasteiger partial charge on any atom is 0.157 e. The van der Waals surface area contributed by atoms with Gasteiger partial charge >= 0.3 is 0 Å². The van der Waals surface area contributed by atoms with Crippen molar-refractivity contribution < 1.29 is 0 Å². The van der Waals surface area contributed by atoms with Crippen LogP contribution >= 0.6 is 0 Å². The summed E-state index contributed by atoms with van der Waals surface area (Å²) in [6.07, 6.45) is 3.50. The SMILES string of the molecule is Nc1cc(-c2ccc(-c3ccccc3)nc2)nc2ccnn12. The fraction of sp³-hybridized carbons (Fsp3) is 0. The Morgan fingerprint density at radius 1 is 0.864 bits per heavy atom. The van der Waals surface area contributed by atoms with Crippen molar-refractivity contribution in [2.75, 3.05) is 5.73 Å². The number of hydrogen-bond donors (Lipinski definition) is 1. The third-order valence-corrected chi connectivity index (χ3v) is 3.52. The first-order valence-electron chi connectivity index (χ1n) is 6.93. The standard InChI is InChI=1S/C17H13N5/c18-16-10-15(21-17-8-9-20-22(16)17)13-6-7-14(19-11-13)12-4-2-1-3-5-12/h1-11H,18H2. The van der Waals surface area contributed by atoms with E-state index in [1.807, 2.05) is 54.7 Å². The molecule has 0 atom stereocenters. The molecule has 5 nitrogen and oxygen atoms in total. The average Bonchev–Trinajstić information content (AvgIpc) is 3.05. The fourth-order valence-corrected chi connectivity index (χ4v) is 2.41. The summed E-state index contributed by atoms with van der Waals surface area (Å²) in [5.41, 5.74) is 10.5. The molecule has 0 fully saturated rings. The molecule has 1 aromatic carbocycles. The first-order chi connectivity index (χ1) is 10.8. The number of hydrogen-bond acceptors (Lipinski definition) is 4. The highest BCUT2D eigenvalue weighted by Crippen LogP contribution is 2.23. The Morgan fingerprint density at radius 2 is 1.73 bits per heavy atom. The molecule has 3 heterocycles. The van der Waals surface area contributed by atoms with Crippen LogP contribution in [0.2, 0.25) is 0 Å². The van der Waals surface area contributed by atoms with Gasteiger partial charge in [-0.3, -0.25) is 4.98 Å². The minimum atomic E-state index is 0.553. The number of aromatic nitrogens is 4. The first-order valence-corrected chi connectivity index (χ1v) is 6.93. The molecular weight excluding hydrogens is 274 g/mol. The van der Waals surface area contributed by atoms with Gasteiger partial charge in [0.05, 0.1) is 17.6 Å². The van der Waals surface area contributed by atoms with Crippen molar-refractivity contribution in [1.29, 1.82) is 0 Å². The highest BCUT2D eigenvalue weighted by molar-refractivity contribution is 5.67. The molecule has 22 heavy (non-hydrogen) atoms. The largest absolute Gasteiger partial charge is 0.384 e. The molecule has 4 aromatic rings. The topological polar surface area (TPSA) is 69.1 Å². The van der Waals surface area contributed by atoms with Crippen molar-refractivity contribution in [1.82, 2.24) is 19.6 Å². The van der Waals surface area contributed by atoms with Crippen LogP contribution in [0.25, 0.3) is 28.2 Å². The normalized spacial score (nSPS) is 10.9. The summed E-state index contributed by atoms with van der Waals surface area (Å²) in [6, 6.07) is 17.7. The number of fused-ring (bicyclic) bond motifs is 1. The molecule has 0 aliphatic rings. The van der Waals surface area contributed by atoms with Crippen LogP contribution in [0, 0.1) is 0 Å². The van der Waals surface area contributed by atoms with Crippen molar-refractivity contribution in [3.8, 4) is 22.5 Å². The molecule has 4 rings (SSSR count). The maximum absolute atomic E-state index is 6.00. The highest BCUT2D eigenvalue weighted by Gasteiger charge is 2.07. The lowest BCUT2D eigenvalue weighted by Crippen LogP contribution is -2.01. The van der Waals surface area contributed by atoms with Crippen LogP contribution in [0.3, 0.4) is 0 Å². The fourth-order valence-electron chi connectivity index (χ4n) is 2.41. The quantitative estimate of drug-likeness (QED) is 0.615. The number of pyridine rings is 1. The summed E-state index contributed by atoms with van der Waals surface area (Å²) >= 11 is 0. The summed E-state index contributed by atoms with van der Waals surface area (Å²) in [5.74, 6) is 0.553. The number of benzene rings is 1. The molecule has 5 heteroatoms. The molecular formula is C17H13N5. The second-order valence-corrected chi connectivity index (χ2v) is 4.97. The van der Waals surface area contributed by atoms with Gasteiger partial charge < -0.3 is 5.73 Å². The lowest BCUT2D eigenvalue weighted by molar-refractivity contribution is 0.953. The zero-order chi connectivity index (χ0) is 14.9. The second kappa shape index (κ2) is 4.96. The third kappa shape index (κ3) is 2.09. The molecule has 0 unspecified atom stereocenters. The van der Waals surface area contributed by atoms with Crippen LogP contribution in [0.4, 0.5) is 5.82 Å². The molecule has 0 aliphatic heterocycles. The monoisotopic (exact) mass is 287 g/mol. The Hall–Kier alpha value is -3.21. The van der Waals surface area contributed by atoms with Gasteiger partial charge in [0.15, 0.2) is 5.65 Å². The van der Waals surface area contributed by atoms with Crippen molar-refractivity contribution >= 4 is 11.5 Å². The number of anilines is 1. The van der Waals surface area contributed by atoms with E-state index in [0.717, 1.165) is 28.2 Å². The van der Waals surface area contributed by atoms with Gasteiger partial charge in [0, 0.05) is 29.5 Å². The van der Waals surface area contributed by atoms with Crippen LogP contribution in [0.15, 0.2) is 67.0 Å². The molecule has 3 aromatic heterocycles. The van der Waals surface area contributed by atoms with Crippen LogP contribution in [-0.4, -0.2) is 19.6 Å². The zero-order valence-electron chi connectivity index (χ0n) is 11.7. The van der Waals surface area contributed by atoms with Crippen LogP contribution < -0.4 is 5.73 Å². The zero-order valence-corrected chi connectivity index (χ0v) is 11.7. The van der Waals surface area contributed by atoms with Crippen LogP contribution in [0.5, 0.6) is 0 Å². The summed E-state index contributed by atoms with van der Waals surface area (Å²) < 4.78 is 1.61. The van der Waals surface area contributed by atoms with Crippen molar-refractivity contribution in [2.24, 2.45) is 0 Å². The van der Waals surface area contributed by atoms with Gasteiger partial charge in [0.25, 0.3) is 0 Å². The molecule has 0 aliphatic carbocycles. The Kier molecular flexibility index (Phi) is 2.83. The van der Waals surface area contributed by atoms with E-state index in [9.17, 15) is 0 Å². The predicted octanol–water partition coefficient (Wildman–Crippen LogP) is 3.04. The Balaban J connectivity index is 1.76. The molecule has 0 spiro atoms. The van der Waals surface area contributed by atoms with Crippen molar-refractivity contribution in [3.63, 3.8) is 0 Å². The summed E-state index contributed by atoms with van der Waals surface area (Å²) in [4.78, 5) is 9.07. The maximum atomic E-state index is 6.00. The summed E-state index contributed by atoms with van der Waals surface area (Å²) in [6.45, 7) is 0. The van der Waals surface area contributed by atoms with Gasteiger partial charge in [0.2, 0.25) is 0 Å². The Labute approximate surface area is 127 Å². The van der Waals surface area contributed by atoms with E-state index in [1.165, 1.54) is 0 Å². The molecule has 0 radical (unpaired) electrons. The van der Waals surface area contributed by atoms with E-state index in [4.69, 9.17) is 5.73 Å². The van der Waals surface area contributed by atoms with Crippen molar-refractivity contribution in [3.05, 3.63) is 67.0 Å². The first kappa shape index (κ1) is 12.5. The molecule has 106 valence electrons. The van der Waals surface area contributed by atoms with E-state index >= 15 is 0 Å². The highest BCUT2D eigenvalue weighted by atomic mass is 15.3. The van der Waals surface area contributed by atoms with Crippen LogP contribution in [0.1, 0.15) is 0 Å². The Morgan fingerprint density at radius 3 is 2.50 bits per heavy atom. The van der Waals surface area contributed by atoms with Crippen molar-refractivity contribution in [2.45, 2.75) is 0 Å². The van der Waals surface area contributed by atoms with Gasteiger partial charge in [-0.2, -0.15) is 9.61 Å². The van der Waals surface area contributed by atoms with Gasteiger partial charge in [-0.1, -0.05) is 30.3 Å². The number of nitrogen functional groups attached to an aromatic ring is 1. The van der Waals surface area contributed by atoms with Gasteiger partial charge in [-0.05, 0) is 12.1 Å². The molecule has 0 bridgehead atoms. The minimum absolute atomic E-state index is 0.553. The average molecular weight is 287 g/mol. The smallest absolute Gasteiger partial charge is 0.157 e. The minimum Gasteiger partial charge on any atom is -0.384 e. The third-order valence-electron chi connectivity index (χ3n) is 3.52. The molecule has 0 saturated heterocycles. The van der Waals surface area contributed by atoms with Crippen LogP contribution in [-0.2, 0) is 0 Å². The van der Waals surface area contributed by atoms with E-state index in [0.29, 0.717) is 5.82 Å².